The summed E-state index contributed by atoms with van der Waals surface area (Å²) < 4.78 is 5.71. The zero-order valence-corrected chi connectivity index (χ0v) is 13.7. The lowest BCUT2D eigenvalue weighted by Gasteiger charge is -2.33. The first kappa shape index (κ1) is 16.1. The molecule has 0 bridgehead atoms. The molecule has 3 heterocycles. The molecule has 3 saturated heterocycles. The number of rotatable bonds is 3. The predicted octanol–water partition coefficient (Wildman–Crippen LogP) is 0.0591. The third-order valence-corrected chi connectivity index (χ3v) is 5.73. The van der Waals surface area contributed by atoms with E-state index in [0.29, 0.717) is 13.1 Å². The number of likely N-dealkylation sites (tertiary alicyclic amines) is 1. The van der Waals surface area contributed by atoms with Gasteiger partial charge in [0.1, 0.15) is 12.1 Å². The molecule has 3 fully saturated rings. The van der Waals surface area contributed by atoms with Gasteiger partial charge in [-0.3, -0.25) is 9.59 Å². The van der Waals surface area contributed by atoms with E-state index in [4.69, 9.17) is 10.5 Å². The normalized spacial score (nSPS) is 32.5. The summed E-state index contributed by atoms with van der Waals surface area (Å²) in [7, 11) is 0. The summed E-state index contributed by atoms with van der Waals surface area (Å²) in [6.07, 6.45) is 2.82. The van der Waals surface area contributed by atoms with Gasteiger partial charge < -0.3 is 20.3 Å². The molecule has 0 saturated carbocycles. The van der Waals surface area contributed by atoms with E-state index in [1.54, 1.807) is 4.90 Å². The number of thioether (sulfide) groups is 1. The predicted molar refractivity (Wildman–Crippen MR) is 85.6 cm³/mol. The Morgan fingerprint density at radius 3 is 2.55 bits per heavy atom. The lowest BCUT2D eigenvalue weighted by molar-refractivity contribution is -0.150. The molecule has 0 aromatic heterocycles. The second kappa shape index (κ2) is 7.19. The highest BCUT2D eigenvalue weighted by Crippen LogP contribution is 2.26. The largest absolute Gasteiger partial charge is 0.364 e. The third kappa shape index (κ3) is 3.26. The molecule has 0 aromatic carbocycles. The second-order valence-corrected chi connectivity index (χ2v) is 7.41. The average Bonchev–Trinajstić information content (AvgIpc) is 3.23. The van der Waals surface area contributed by atoms with Crippen molar-refractivity contribution in [3.63, 3.8) is 0 Å². The van der Waals surface area contributed by atoms with Crippen LogP contribution in [0.4, 0.5) is 0 Å². The summed E-state index contributed by atoms with van der Waals surface area (Å²) in [6.45, 7) is 2.73. The Kier molecular flexibility index (Phi) is 5.25. The fourth-order valence-corrected chi connectivity index (χ4v) is 4.43. The fourth-order valence-electron chi connectivity index (χ4n) is 3.53. The van der Waals surface area contributed by atoms with E-state index in [0.717, 1.165) is 50.3 Å². The minimum atomic E-state index is -0.404. The van der Waals surface area contributed by atoms with Crippen molar-refractivity contribution in [1.82, 2.24) is 9.80 Å². The van der Waals surface area contributed by atoms with Gasteiger partial charge in [-0.25, -0.2) is 0 Å². The van der Waals surface area contributed by atoms with Crippen LogP contribution in [-0.2, 0) is 14.3 Å². The Bertz CT molecular complexity index is 428. The molecule has 0 aliphatic carbocycles. The van der Waals surface area contributed by atoms with E-state index < -0.39 is 6.10 Å². The van der Waals surface area contributed by atoms with Crippen molar-refractivity contribution >= 4 is 23.6 Å². The summed E-state index contributed by atoms with van der Waals surface area (Å²) in [5.74, 6) is 2.10. The summed E-state index contributed by atoms with van der Waals surface area (Å²) in [5, 5.41) is 0. The van der Waals surface area contributed by atoms with Gasteiger partial charge in [0.15, 0.2) is 0 Å². The molecule has 2 amide bonds. The molecule has 22 heavy (non-hydrogen) atoms. The van der Waals surface area contributed by atoms with Crippen LogP contribution in [0, 0.1) is 0 Å². The van der Waals surface area contributed by atoms with Crippen LogP contribution < -0.4 is 5.73 Å². The van der Waals surface area contributed by atoms with Crippen molar-refractivity contribution in [2.75, 3.05) is 37.7 Å². The summed E-state index contributed by atoms with van der Waals surface area (Å²) in [6, 6.07) is -0.281. The van der Waals surface area contributed by atoms with Crippen LogP contribution in [0.1, 0.15) is 25.7 Å². The first-order chi connectivity index (χ1) is 10.7. The smallest absolute Gasteiger partial charge is 0.252 e. The van der Waals surface area contributed by atoms with Gasteiger partial charge in [-0.05, 0) is 25.7 Å². The van der Waals surface area contributed by atoms with E-state index in [1.165, 1.54) is 0 Å². The standard InChI is InChI=1S/C15H25N3O3S/c16-10-11-3-4-13(21-11)15(20)18-5-1-2-12(18)14(19)17-6-8-22-9-7-17/h11-13H,1-10,16H2/t11-,12?,13+/m1/s1. The molecule has 124 valence electrons. The van der Waals surface area contributed by atoms with Crippen LogP contribution in [0.3, 0.4) is 0 Å². The maximum Gasteiger partial charge on any atom is 0.252 e. The topological polar surface area (TPSA) is 75.9 Å². The monoisotopic (exact) mass is 327 g/mol. The van der Waals surface area contributed by atoms with Crippen LogP contribution in [0.2, 0.25) is 0 Å². The molecule has 3 atom stereocenters. The van der Waals surface area contributed by atoms with Crippen molar-refractivity contribution in [3.05, 3.63) is 0 Å². The summed E-state index contributed by atoms with van der Waals surface area (Å²) in [5.41, 5.74) is 5.61. The lowest BCUT2D eigenvalue weighted by atomic mass is 10.1. The maximum atomic E-state index is 12.7. The van der Waals surface area contributed by atoms with E-state index in [9.17, 15) is 9.59 Å². The highest BCUT2D eigenvalue weighted by Gasteiger charge is 2.41. The molecule has 0 aromatic rings. The molecule has 6 nitrogen and oxygen atoms in total. The highest BCUT2D eigenvalue weighted by atomic mass is 32.2. The molecule has 3 rings (SSSR count). The molecule has 1 unspecified atom stereocenters. The minimum Gasteiger partial charge on any atom is -0.364 e. The van der Waals surface area contributed by atoms with E-state index in [2.05, 4.69) is 0 Å². The number of amides is 2. The molecular formula is C15H25N3O3S. The van der Waals surface area contributed by atoms with Gasteiger partial charge in [0.05, 0.1) is 6.10 Å². The summed E-state index contributed by atoms with van der Waals surface area (Å²) in [4.78, 5) is 29.1. The molecule has 7 heteroatoms. The fraction of sp³-hybridized carbons (Fsp3) is 0.867. The van der Waals surface area contributed by atoms with Gasteiger partial charge in [-0.15, -0.1) is 0 Å². The number of carbonyl (C=O) groups excluding carboxylic acids is 2. The van der Waals surface area contributed by atoms with Gasteiger partial charge in [0, 0.05) is 37.7 Å². The SMILES string of the molecule is NC[C@H]1CC[C@@H](C(=O)N2CCCC2C(=O)N2CCSCC2)O1. The van der Waals surface area contributed by atoms with Gasteiger partial charge in [-0.1, -0.05) is 0 Å². The van der Waals surface area contributed by atoms with Crippen LogP contribution >= 0.6 is 11.8 Å². The van der Waals surface area contributed by atoms with Gasteiger partial charge in [0.2, 0.25) is 5.91 Å². The van der Waals surface area contributed by atoms with E-state index >= 15 is 0 Å². The third-order valence-electron chi connectivity index (χ3n) is 4.79. The number of ether oxygens (including phenoxy) is 1. The zero-order valence-electron chi connectivity index (χ0n) is 12.9. The molecule has 0 spiro atoms. The van der Waals surface area contributed by atoms with Crippen LogP contribution in [-0.4, -0.2) is 77.5 Å². The Labute approximate surface area is 135 Å². The van der Waals surface area contributed by atoms with Crippen LogP contribution in [0.15, 0.2) is 0 Å². The quantitative estimate of drug-likeness (QED) is 0.793. The number of carbonyl (C=O) groups is 2. The molecule has 3 aliphatic rings. The van der Waals surface area contributed by atoms with Crippen molar-refractivity contribution in [1.29, 1.82) is 0 Å². The van der Waals surface area contributed by atoms with Gasteiger partial charge in [-0.2, -0.15) is 11.8 Å². The zero-order chi connectivity index (χ0) is 15.5. The number of hydrogen-bond donors (Lipinski definition) is 1. The van der Waals surface area contributed by atoms with E-state index in [1.807, 2.05) is 16.7 Å². The average molecular weight is 327 g/mol. The molecule has 3 aliphatic heterocycles. The van der Waals surface area contributed by atoms with Crippen molar-refractivity contribution in [2.45, 2.75) is 43.9 Å². The Morgan fingerprint density at radius 1 is 1.09 bits per heavy atom. The molecule has 2 N–H and O–H groups in total. The molecular weight excluding hydrogens is 302 g/mol. The van der Waals surface area contributed by atoms with Crippen molar-refractivity contribution < 1.29 is 14.3 Å². The Hall–Kier alpha value is -0.790. The van der Waals surface area contributed by atoms with Crippen molar-refractivity contribution in [2.24, 2.45) is 5.73 Å². The second-order valence-electron chi connectivity index (χ2n) is 6.19. The first-order valence-corrected chi connectivity index (χ1v) is 9.38. The maximum absolute atomic E-state index is 12.7. The molecule has 0 radical (unpaired) electrons. The number of hydrogen-bond acceptors (Lipinski definition) is 5. The van der Waals surface area contributed by atoms with E-state index in [-0.39, 0.29) is 24.0 Å². The highest BCUT2D eigenvalue weighted by molar-refractivity contribution is 7.99. The van der Waals surface area contributed by atoms with Crippen LogP contribution in [0.25, 0.3) is 0 Å². The van der Waals surface area contributed by atoms with Gasteiger partial charge >= 0.3 is 0 Å². The van der Waals surface area contributed by atoms with Gasteiger partial charge in [0.25, 0.3) is 5.91 Å². The number of nitrogens with two attached hydrogens (primary N) is 1. The van der Waals surface area contributed by atoms with Crippen LogP contribution in [0.5, 0.6) is 0 Å². The Balaban J connectivity index is 1.62. The summed E-state index contributed by atoms with van der Waals surface area (Å²) >= 11 is 1.88. The Morgan fingerprint density at radius 2 is 1.86 bits per heavy atom. The lowest BCUT2D eigenvalue weighted by Crippen LogP contribution is -2.52. The first-order valence-electron chi connectivity index (χ1n) is 8.23. The van der Waals surface area contributed by atoms with Crippen molar-refractivity contribution in [3.8, 4) is 0 Å². The number of nitrogens with zero attached hydrogens (tertiary/aromatic N) is 2. The minimum absolute atomic E-state index is 0.00942.